The molecule has 2 heterocycles. The Balaban J connectivity index is 1.47. The number of rotatable bonds is 8. The van der Waals surface area contributed by atoms with Gasteiger partial charge in [0.05, 0.1) is 6.61 Å². The molecule has 0 aliphatic carbocycles. The molecule has 0 spiro atoms. The van der Waals surface area contributed by atoms with Crippen molar-refractivity contribution < 1.29 is 24.0 Å². The van der Waals surface area contributed by atoms with Crippen LogP contribution < -0.4 is 10.6 Å². The largest absolute Gasteiger partial charge is 0.445 e. The summed E-state index contributed by atoms with van der Waals surface area (Å²) in [5.74, 6) is 2.28. The van der Waals surface area contributed by atoms with Gasteiger partial charge in [-0.25, -0.2) is 9.59 Å². The molecule has 2 fully saturated rings. The smallest absolute Gasteiger partial charge is 0.410 e. The van der Waals surface area contributed by atoms with E-state index in [0.717, 1.165) is 18.4 Å². The van der Waals surface area contributed by atoms with Crippen LogP contribution in [-0.4, -0.2) is 65.8 Å². The van der Waals surface area contributed by atoms with Crippen molar-refractivity contribution in [2.75, 3.05) is 19.7 Å². The van der Waals surface area contributed by atoms with Crippen molar-refractivity contribution >= 4 is 18.0 Å². The highest BCUT2D eigenvalue weighted by molar-refractivity contribution is 5.87. The first-order valence-corrected chi connectivity index (χ1v) is 11.5. The van der Waals surface area contributed by atoms with Crippen LogP contribution in [0, 0.1) is 12.3 Å². The lowest BCUT2D eigenvalue weighted by molar-refractivity contribution is -0.132. The number of carbonyl (C=O) groups excluding carboxylic acids is 3. The van der Waals surface area contributed by atoms with E-state index in [4.69, 9.17) is 16.0 Å². The predicted octanol–water partition coefficient (Wildman–Crippen LogP) is 2.42. The van der Waals surface area contributed by atoms with E-state index >= 15 is 0 Å². The number of benzene rings is 1. The molecule has 9 nitrogen and oxygen atoms in total. The van der Waals surface area contributed by atoms with Gasteiger partial charge in [-0.1, -0.05) is 49.6 Å². The normalized spacial score (nSPS) is 22.8. The van der Waals surface area contributed by atoms with Crippen molar-refractivity contribution in [3.05, 3.63) is 35.9 Å². The van der Waals surface area contributed by atoms with Crippen LogP contribution in [0.1, 0.15) is 44.6 Å². The Morgan fingerprint density at radius 2 is 2.03 bits per heavy atom. The van der Waals surface area contributed by atoms with Gasteiger partial charge < -0.3 is 20.3 Å². The lowest BCUT2D eigenvalue weighted by atomic mass is 10.1. The Hall–Kier alpha value is -3.25. The van der Waals surface area contributed by atoms with Crippen LogP contribution in [0.2, 0.25) is 0 Å². The van der Waals surface area contributed by atoms with Gasteiger partial charge in [-0.2, -0.15) is 5.06 Å². The number of carbonyl (C=O) groups is 3. The number of unbranched alkanes of at least 4 members (excludes halogenated alkanes) is 1. The monoisotopic (exact) mass is 456 g/mol. The first-order valence-electron chi connectivity index (χ1n) is 11.5. The molecule has 178 valence electrons. The average molecular weight is 457 g/mol. The van der Waals surface area contributed by atoms with E-state index in [0.29, 0.717) is 39.0 Å². The maximum Gasteiger partial charge on any atom is 0.410 e. The molecule has 1 aromatic rings. The number of ether oxygens (including phenoxy) is 1. The molecule has 1 unspecified atom stereocenters. The number of nitrogens with one attached hydrogen (secondary N) is 2. The molecule has 3 rings (SSSR count). The first kappa shape index (κ1) is 24.4. The van der Waals surface area contributed by atoms with Crippen LogP contribution in [-0.2, 0) is 21.0 Å². The van der Waals surface area contributed by atoms with Gasteiger partial charge in [0.2, 0.25) is 5.91 Å². The van der Waals surface area contributed by atoms with Gasteiger partial charge in [0.1, 0.15) is 18.7 Å². The van der Waals surface area contributed by atoms with Crippen molar-refractivity contribution in [2.45, 2.75) is 63.8 Å². The van der Waals surface area contributed by atoms with Crippen LogP contribution in [0.5, 0.6) is 0 Å². The van der Waals surface area contributed by atoms with Gasteiger partial charge in [-0.3, -0.25) is 9.63 Å². The van der Waals surface area contributed by atoms with Crippen molar-refractivity contribution in [2.24, 2.45) is 0 Å². The molecule has 0 radical (unpaired) electrons. The van der Waals surface area contributed by atoms with Crippen molar-refractivity contribution in [1.82, 2.24) is 20.6 Å². The SMILES string of the molecule is C#C[C@H]1CCC(C(=O)N[C@H]2CCN(C(=O)OCc3ccccc3)C2)NC(=O)N1OCCCC. The second-order valence-electron chi connectivity index (χ2n) is 8.25. The Kier molecular flexibility index (Phi) is 8.95. The number of urea groups is 1. The Morgan fingerprint density at radius 1 is 1.24 bits per heavy atom. The highest BCUT2D eigenvalue weighted by atomic mass is 16.7. The quantitative estimate of drug-likeness (QED) is 0.462. The van der Waals surface area contributed by atoms with Gasteiger partial charge in [-0.15, -0.1) is 6.42 Å². The lowest BCUT2D eigenvalue weighted by Gasteiger charge is -2.25. The second kappa shape index (κ2) is 12.1. The number of hydroxylamine groups is 2. The molecule has 2 N–H and O–H groups in total. The van der Waals surface area contributed by atoms with Gasteiger partial charge in [0.25, 0.3) is 0 Å². The van der Waals surface area contributed by atoms with Crippen LogP contribution in [0.15, 0.2) is 30.3 Å². The summed E-state index contributed by atoms with van der Waals surface area (Å²) in [6, 6.07) is 7.50. The molecule has 0 aromatic heterocycles. The molecule has 0 bridgehead atoms. The number of terminal acetylenes is 1. The third-order valence-electron chi connectivity index (χ3n) is 5.74. The van der Waals surface area contributed by atoms with E-state index in [1.54, 1.807) is 4.90 Å². The zero-order valence-corrected chi connectivity index (χ0v) is 19.0. The third-order valence-corrected chi connectivity index (χ3v) is 5.74. The molecule has 2 aliphatic heterocycles. The first-order chi connectivity index (χ1) is 16.0. The molecule has 33 heavy (non-hydrogen) atoms. The zero-order chi connectivity index (χ0) is 23.6. The minimum absolute atomic E-state index is 0.203. The summed E-state index contributed by atoms with van der Waals surface area (Å²) >= 11 is 0. The van der Waals surface area contributed by atoms with Crippen LogP contribution >= 0.6 is 0 Å². The Morgan fingerprint density at radius 3 is 2.76 bits per heavy atom. The van der Waals surface area contributed by atoms with Crippen LogP contribution in [0.4, 0.5) is 9.59 Å². The minimum Gasteiger partial charge on any atom is -0.445 e. The number of nitrogens with zero attached hydrogens (tertiary/aromatic N) is 2. The summed E-state index contributed by atoms with van der Waals surface area (Å²) in [5.41, 5.74) is 0.914. The predicted molar refractivity (Wildman–Crippen MR) is 122 cm³/mol. The number of amides is 4. The topological polar surface area (TPSA) is 100 Å². The third kappa shape index (κ3) is 6.86. The molecule has 2 saturated heterocycles. The maximum absolute atomic E-state index is 12.8. The zero-order valence-electron chi connectivity index (χ0n) is 19.0. The van der Waals surface area contributed by atoms with Crippen molar-refractivity contribution in [1.29, 1.82) is 0 Å². The van der Waals surface area contributed by atoms with Crippen LogP contribution in [0.3, 0.4) is 0 Å². The fraction of sp³-hybridized carbons (Fsp3) is 0.542. The standard InChI is InChI=1S/C24H32N4O5/c1-3-5-15-33-28-20(4-2)11-12-21(26-23(28)30)22(29)25-19-13-14-27(16-19)24(31)32-17-18-9-7-6-8-10-18/h2,6-10,19-21H,3,5,11-17H2,1H3,(H,25,29)(H,26,30)/t19-,20-,21?/m0/s1. The summed E-state index contributed by atoms with van der Waals surface area (Å²) in [4.78, 5) is 44.9. The minimum atomic E-state index is -0.716. The fourth-order valence-corrected chi connectivity index (χ4v) is 3.83. The van der Waals surface area contributed by atoms with E-state index in [1.807, 2.05) is 37.3 Å². The molecule has 4 amide bonds. The summed E-state index contributed by atoms with van der Waals surface area (Å²) in [6.45, 7) is 3.47. The summed E-state index contributed by atoms with van der Waals surface area (Å²) in [5, 5.41) is 6.83. The number of hydrogen-bond acceptors (Lipinski definition) is 5. The molecule has 1 aromatic carbocycles. The second-order valence-corrected chi connectivity index (χ2v) is 8.25. The lowest BCUT2D eigenvalue weighted by Crippen LogP contribution is -2.52. The highest BCUT2D eigenvalue weighted by Crippen LogP contribution is 2.17. The van der Waals surface area contributed by atoms with E-state index < -0.39 is 24.2 Å². The van der Waals surface area contributed by atoms with Crippen molar-refractivity contribution in [3.8, 4) is 12.3 Å². The van der Waals surface area contributed by atoms with Crippen LogP contribution in [0.25, 0.3) is 0 Å². The average Bonchev–Trinajstić information content (AvgIpc) is 3.23. The van der Waals surface area contributed by atoms with E-state index in [-0.39, 0.29) is 18.6 Å². The number of hydrogen-bond donors (Lipinski definition) is 2. The molecule has 3 atom stereocenters. The summed E-state index contributed by atoms with van der Waals surface area (Å²) in [6.07, 6.45) is 8.37. The number of likely N-dealkylation sites (tertiary alicyclic amines) is 1. The van der Waals surface area contributed by atoms with E-state index in [2.05, 4.69) is 16.6 Å². The van der Waals surface area contributed by atoms with Gasteiger partial charge in [0.15, 0.2) is 0 Å². The van der Waals surface area contributed by atoms with Gasteiger partial charge >= 0.3 is 12.1 Å². The molecule has 0 saturated carbocycles. The van der Waals surface area contributed by atoms with Gasteiger partial charge in [0, 0.05) is 19.1 Å². The summed E-state index contributed by atoms with van der Waals surface area (Å²) < 4.78 is 5.37. The molecular weight excluding hydrogens is 424 g/mol. The fourth-order valence-electron chi connectivity index (χ4n) is 3.83. The molecule has 2 aliphatic rings. The Labute approximate surface area is 194 Å². The molecular formula is C24H32N4O5. The highest BCUT2D eigenvalue weighted by Gasteiger charge is 2.35. The Bertz CT molecular complexity index is 856. The summed E-state index contributed by atoms with van der Waals surface area (Å²) in [7, 11) is 0. The molecule has 9 heteroatoms. The maximum atomic E-state index is 12.8. The van der Waals surface area contributed by atoms with Crippen molar-refractivity contribution in [3.63, 3.8) is 0 Å². The van der Waals surface area contributed by atoms with Gasteiger partial charge in [-0.05, 0) is 31.2 Å². The van der Waals surface area contributed by atoms with E-state index in [9.17, 15) is 14.4 Å². The van der Waals surface area contributed by atoms with E-state index in [1.165, 1.54) is 5.06 Å².